The lowest BCUT2D eigenvalue weighted by Crippen LogP contribution is -2.64. The van der Waals surface area contributed by atoms with Crippen molar-refractivity contribution in [1.82, 2.24) is 10.2 Å². The summed E-state index contributed by atoms with van der Waals surface area (Å²) in [6.45, 7) is 3.15. The highest BCUT2D eigenvalue weighted by molar-refractivity contribution is 9.10. The smallest absolute Gasteiger partial charge is 0.161 e. The molecular formula is C29H32Br2N2O2. The third-order valence-electron chi connectivity index (χ3n) is 7.66. The fourth-order valence-corrected chi connectivity index (χ4v) is 6.47. The molecule has 3 fully saturated rings. The first-order valence-electron chi connectivity index (χ1n) is 12.3. The van der Waals surface area contributed by atoms with Gasteiger partial charge < -0.3 is 14.8 Å². The topological polar surface area (TPSA) is 33.7 Å². The SMILES string of the molecule is COc1ccc(CN[C@@H]2C3CCN(CC3)[C@H]2C(c2ccc(Br)cc2)c2ccc(Br)cc2)cc1OC. The maximum atomic E-state index is 5.54. The molecule has 3 aromatic carbocycles. The van der Waals surface area contributed by atoms with Gasteiger partial charge in [-0.15, -0.1) is 0 Å². The number of rotatable bonds is 8. The molecule has 2 atom stereocenters. The van der Waals surface area contributed by atoms with Crippen LogP contribution in [0.1, 0.15) is 35.4 Å². The summed E-state index contributed by atoms with van der Waals surface area (Å²) in [5.74, 6) is 2.52. The van der Waals surface area contributed by atoms with Gasteiger partial charge in [-0.05, 0) is 84.9 Å². The molecule has 184 valence electrons. The van der Waals surface area contributed by atoms with E-state index in [9.17, 15) is 0 Å². The fraction of sp³-hybridized carbons (Fsp3) is 0.379. The van der Waals surface area contributed by atoms with Gasteiger partial charge in [0.15, 0.2) is 11.5 Å². The Hall–Kier alpha value is -1.86. The molecule has 0 saturated carbocycles. The van der Waals surface area contributed by atoms with Crippen LogP contribution >= 0.6 is 31.9 Å². The molecule has 0 aromatic heterocycles. The van der Waals surface area contributed by atoms with E-state index in [0.717, 1.165) is 27.0 Å². The molecule has 1 N–H and O–H groups in total. The number of halogens is 2. The summed E-state index contributed by atoms with van der Waals surface area (Å²) >= 11 is 7.25. The van der Waals surface area contributed by atoms with Gasteiger partial charge >= 0.3 is 0 Å². The molecule has 3 aromatic rings. The van der Waals surface area contributed by atoms with Gasteiger partial charge in [0.1, 0.15) is 0 Å². The van der Waals surface area contributed by atoms with Crippen molar-refractivity contribution >= 4 is 31.9 Å². The van der Waals surface area contributed by atoms with Crippen molar-refractivity contribution < 1.29 is 9.47 Å². The van der Waals surface area contributed by atoms with E-state index in [2.05, 4.69) is 103 Å². The van der Waals surface area contributed by atoms with E-state index in [1.54, 1.807) is 14.2 Å². The highest BCUT2D eigenvalue weighted by Gasteiger charge is 2.46. The summed E-state index contributed by atoms with van der Waals surface area (Å²) in [7, 11) is 3.37. The van der Waals surface area contributed by atoms with E-state index in [-0.39, 0.29) is 0 Å². The molecule has 3 aliphatic heterocycles. The minimum atomic E-state index is 0.294. The van der Waals surface area contributed by atoms with Crippen molar-refractivity contribution in [1.29, 1.82) is 0 Å². The minimum Gasteiger partial charge on any atom is -0.493 e. The summed E-state index contributed by atoms with van der Waals surface area (Å²) in [5.41, 5.74) is 3.94. The zero-order chi connectivity index (χ0) is 24.4. The number of ether oxygens (including phenoxy) is 2. The Morgan fingerprint density at radius 2 is 1.40 bits per heavy atom. The summed E-state index contributed by atoms with van der Waals surface area (Å²) < 4.78 is 13.2. The molecule has 4 nitrogen and oxygen atoms in total. The van der Waals surface area contributed by atoms with E-state index in [1.807, 2.05) is 6.07 Å². The second-order valence-electron chi connectivity index (χ2n) is 9.54. The monoisotopic (exact) mass is 598 g/mol. The van der Waals surface area contributed by atoms with Crippen LogP contribution in [0.3, 0.4) is 0 Å². The summed E-state index contributed by atoms with van der Waals surface area (Å²) in [6, 6.07) is 24.8. The van der Waals surface area contributed by atoms with Gasteiger partial charge in [-0.25, -0.2) is 0 Å². The quantitative estimate of drug-likeness (QED) is 0.316. The van der Waals surface area contributed by atoms with Crippen LogP contribution < -0.4 is 14.8 Å². The van der Waals surface area contributed by atoms with Crippen LogP contribution in [0.5, 0.6) is 11.5 Å². The Bertz CT molecular complexity index is 1080. The molecule has 0 amide bonds. The predicted molar refractivity (Wildman–Crippen MR) is 148 cm³/mol. The maximum Gasteiger partial charge on any atom is 0.161 e. The second-order valence-corrected chi connectivity index (χ2v) is 11.4. The maximum absolute atomic E-state index is 5.54. The van der Waals surface area contributed by atoms with Crippen molar-refractivity contribution in [3.63, 3.8) is 0 Å². The molecule has 0 aliphatic carbocycles. The number of benzene rings is 3. The van der Waals surface area contributed by atoms with Gasteiger partial charge in [0.2, 0.25) is 0 Å². The van der Waals surface area contributed by atoms with Crippen molar-refractivity contribution in [3.8, 4) is 11.5 Å². The molecule has 0 radical (unpaired) electrons. The average molecular weight is 600 g/mol. The van der Waals surface area contributed by atoms with Crippen molar-refractivity contribution in [2.45, 2.75) is 37.4 Å². The van der Waals surface area contributed by atoms with Crippen molar-refractivity contribution in [2.24, 2.45) is 5.92 Å². The van der Waals surface area contributed by atoms with Crippen LogP contribution in [-0.2, 0) is 6.54 Å². The van der Waals surface area contributed by atoms with Gasteiger partial charge in [0.05, 0.1) is 14.2 Å². The first kappa shape index (κ1) is 24.8. The molecule has 2 bridgehead atoms. The second kappa shape index (κ2) is 11.0. The van der Waals surface area contributed by atoms with Crippen LogP contribution in [-0.4, -0.2) is 44.3 Å². The average Bonchev–Trinajstić information content (AvgIpc) is 2.90. The molecule has 6 rings (SSSR count). The highest BCUT2D eigenvalue weighted by atomic mass is 79.9. The standard InChI is InChI=1S/C29H32Br2N2O2/c1-34-25-12-3-19(17-26(25)35-2)18-32-28-22-13-15-33(16-14-22)29(28)27(20-4-8-23(30)9-5-20)21-6-10-24(31)11-7-21/h3-12,17,22,27-29,32H,13-16,18H2,1-2H3/t28-,29+/m1/s1. The third-order valence-corrected chi connectivity index (χ3v) is 8.72. The molecule has 3 heterocycles. The highest BCUT2D eigenvalue weighted by Crippen LogP contribution is 2.42. The van der Waals surface area contributed by atoms with E-state index in [4.69, 9.17) is 9.47 Å². The van der Waals surface area contributed by atoms with Crippen molar-refractivity contribution in [3.05, 3.63) is 92.4 Å². The molecule has 35 heavy (non-hydrogen) atoms. The predicted octanol–water partition coefficient (Wildman–Crippen LogP) is 6.61. The minimum absolute atomic E-state index is 0.294. The van der Waals surface area contributed by atoms with Gasteiger partial charge in [-0.1, -0.05) is 62.2 Å². The number of piperidine rings is 3. The van der Waals surface area contributed by atoms with Crippen LogP contribution in [0.4, 0.5) is 0 Å². The van der Waals surface area contributed by atoms with Gasteiger partial charge in [0.25, 0.3) is 0 Å². The van der Waals surface area contributed by atoms with E-state index < -0.39 is 0 Å². The fourth-order valence-electron chi connectivity index (χ4n) is 5.94. The third kappa shape index (κ3) is 5.31. The molecule has 0 unspecified atom stereocenters. The Morgan fingerprint density at radius 1 is 0.829 bits per heavy atom. The van der Waals surface area contributed by atoms with Crippen LogP contribution in [0.15, 0.2) is 75.7 Å². The van der Waals surface area contributed by atoms with Crippen LogP contribution in [0.25, 0.3) is 0 Å². The lowest BCUT2D eigenvalue weighted by Gasteiger charge is -2.54. The molecular weight excluding hydrogens is 568 g/mol. The van der Waals surface area contributed by atoms with Gasteiger partial charge in [-0.2, -0.15) is 0 Å². The Labute approximate surface area is 225 Å². The molecule has 0 spiro atoms. The lowest BCUT2D eigenvalue weighted by atomic mass is 9.70. The molecule has 3 saturated heterocycles. The number of nitrogens with one attached hydrogen (secondary N) is 1. The first-order valence-corrected chi connectivity index (χ1v) is 13.8. The number of methoxy groups -OCH3 is 2. The number of nitrogens with zero attached hydrogens (tertiary/aromatic N) is 1. The van der Waals surface area contributed by atoms with E-state index in [1.165, 1.54) is 42.6 Å². The van der Waals surface area contributed by atoms with E-state index in [0.29, 0.717) is 23.9 Å². The molecule has 6 heteroatoms. The number of hydrogen-bond donors (Lipinski definition) is 1. The van der Waals surface area contributed by atoms with E-state index >= 15 is 0 Å². The normalized spacial score (nSPS) is 23.5. The lowest BCUT2D eigenvalue weighted by molar-refractivity contribution is 0.00467. The van der Waals surface area contributed by atoms with Gasteiger partial charge in [-0.3, -0.25) is 4.90 Å². The zero-order valence-corrected chi connectivity index (χ0v) is 23.4. The number of fused-ring (bicyclic) bond motifs is 3. The van der Waals surface area contributed by atoms with Crippen molar-refractivity contribution in [2.75, 3.05) is 27.3 Å². The zero-order valence-electron chi connectivity index (χ0n) is 20.2. The first-order chi connectivity index (χ1) is 17.1. The van der Waals surface area contributed by atoms with Gasteiger partial charge in [0, 0.05) is 33.5 Å². The largest absolute Gasteiger partial charge is 0.493 e. The Kier molecular flexibility index (Phi) is 7.83. The Balaban J connectivity index is 1.47. The summed E-state index contributed by atoms with van der Waals surface area (Å²) in [5, 5.41) is 3.99. The number of hydrogen-bond acceptors (Lipinski definition) is 4. The summed E-state index contributed by atoms with van der Waals surface area (Å²) in [4.78, 5) is 2.72. The Morgan fingerprint density at radius 3 is 1.94 bits per heavy atom. The van der Waals surface area contributed by atoms with Crippen LogP contribution in [0, 0.1) is 5.92 Å². The summed E-state index contributed by atoms with van der Waals surface area (Å²) in [6.07, 6.45) is 2.51. The van der Waals surface area contributed by atoms with Crippen LogP contribution in [0.2, 0.25) is 0 Å². The molecule has 3 aliphatic rings.